The Bertz CT molecular complexity index is 331. The lowest BCUT2D eigenvalue weighted by atomic mass is 9.97. The summed E-state index contributed by atoms with van der Waals surface area (Å²) >= 11 is 3.49. The fraction of sp³-hybridized carbons (Fsp3) is 0.625. The van der Waals surface area contributed by atoms with Crippen molar-refractivity contribution in [2.75, 3.05) is 6.54 Å². The Morgan fingerprint density at radius 2 is 1.72 bits per heavy atom. The standard InChI is InChI=1S/C16H26BrN/c1-5-16(14-6-8-15(17)9-7-14)18-11-13(4)10-12(2)3/h6-9,12-13,16,18H,5,10-11H2,1-4H3. The van der Waals surface area contributed by atoms with Crippen LogP contribution in [0, 0.1) is 11.8 Å². The third-order valence-corrected chi connectivity index (χ3v) is 3.80. The van der Waals surface area contributed by atoms with E-state index >= 15 is 0 Å². The molecule has 0 aliphatic rings. The first kappa shape index (κ1) is 15.7. The molecule has 2 unspecified atom stereocenters. The van der Waals surface area contributed by atoms with E-state index in [1.54, 1.807) is 0 Å². The molecule has 2 heteroatoms. The van der Waals surface area contributed by atoms with Crippen LogP contribution in [-0.2, 0) is 0 Å². The number of hydrogen-bond acceptors (Lipinski definition) is 1. The highest BCUT2D eigenvalue weighted by molar-refractivity contribution is 9.10. The van der Waals surface area contributed by atoms with Crippen LogP contribution < -0.4 is 5.32 Å². The van der Waals surface area contributed by atoms with Gasteiger partial charge in [-0.15, -0.1) is 0 Å². The van der Waals surface area contributed by atoms with Gasteiger partial charge in [-0.05, 0) is 48.9 Å². The normalized spacial score (nSPS) is 14.8. The van der Waals surface area contributed by atoms with Gasteiger partial charge in [0, 0.05) is 10.5 Å². The average molecular weight is 312 g/mol. The Labute approximate surface area is 120 Å². The minimum atomic E-state index is 0.479. The van der Waals surface area contributed by atoms with Crippen LogP contribution in [0.1, 0.15) is 52.1 Å². The first-order chi connectivity index (χ1) is 8.52. The molecule has 2 atom stereocenters. The van der Waals surface area contributed by atoms with E-state index in [0.29, 0.717) is 6.04 Å². The highest BCUT2D eigenvalue weighted by atomic mass is 79.9. The lowest BCUT2D eigenvalue weighted by Gasteiger charge is -2.21. The fourth-order valence-corrected chi connectivity index (χ4v) is 2.69. The van der Waals surface area contributed by atoms with Crippen molar-refractivity contribution in [1.82, 2.24) is 5.32 Å². The summed E-state index contributed by atoms with van der Waals surface area (Å²) < 4.78 is 1.15. The summed E-state index contributed by atoms with van der Waals surface area (Å²) in [4.78, 5) is 0. The molecule has 0 radical (unpaired) electrons. The van der Waals surface area contributed by atoms with Gasteiger partial charge in [0.2, 0.25) is 0 Å². The molecule has 1 aromatic rings. The Balaban J connectivity index is 2.49. The molecule has 0 fully saturated rings. The zero-order valence-electron chi connectivity index (χ0n) is 12.0. The molecule has 0 saturated heterocycles. The molecule has 1 rings (SSSR count). The molecule has 1 nitrogen and oxygen atoms in total. The molecule has 1 aromatic carbocycles. The molecule has 102 valence electrons. The van der Waals surface area contributed by atoms with Crippen LogP contribution >= 0.6 is 15.9 Å². The maximum Gasteiger partial charge on any atom is 0.0317 e. The molecular weight excluding hydrogens is 286 g/mol. The molecule has 18 heavy (non-hydrogen) atoms. The van der Waals surface area contributed by atoms with Crippen LogP contribution in [0.25, 0.3) is 0 Å². The van der Waals surface area contributed by atoms with Gasteiger partial charge in [0.25, 0.3) is 0 Å². The van der Waals surface area contributed by atoms with E-state index in [4.69, 9.17) is 0 Å². The smallest absolute Gasteiger partial charge is 0.0317 e. The molecule has 1 N–H and O–H groups in total. The average Bonchev–Trinajstić information content (AvgIpc) is 2.31. The van der Waals surface area contributed by atoms with Crippen LogP contribution in [0.2, 0.25) is 0 Å². The number of halogens is 1. The molecule has 0 aliphatic heterocycles. The van der Waals surface area contributed by atoms with Gasteiger partial charge in [-0.25, -0.2) is 0 Å². The van der Waals surface area contributed by atoms with Gasteiger partial charge in [0.1, 0.15) is 0 Å². The van der Waals surface area contributed by atoms with Gasteiger partial charge < -0.3 is 5.32 Å². The van der Waals surface area contributed by atoms with E-state index in [9.17, 15) is 0 Å². The van der Waals surface area contributed by atoms with Crippen molar-refractivity contribution in [3.63, 3.8) is 0 Å². The number of rotatable bonds is 7. The second-order valence-electron chi connectivity index (χ2n) is 5.66. The van der Waals surface area contributed by atoms with Crippen molar-refractivity contribution >= 4 is 15.9 Å². The summed E-state index contributed by atoms with van der Waals surface area (Å²) in [6, 6.07) is 9.14. The third kappa shape index (κ3) is 5.53. The third-order valence-electron chi connectivity index (χ3n) is 3.27. The van der Waals surface area contributed by atoms with Crippen LogP contribution in [0.5, 0.6) is 0 Å². The summed E-state index contributed by atoms with van der Waals surface area (Å²) in [6.45, 7) is 10.3. The zero-order chi connectivity index (χ0) is 13.5. The number of benzene rings is 1. The molecule has 0 heterocycles. The highest BCUT2D eigenvalue weighted by Gasteiger charge is 2.11. The Morgan fingerprint density at radius 1 is 1.11 bits per heavy atom. The largest absolute Gasteiger partial charge is 0.310 e. The predicted octanol–water partition coefficient (Wildman–Crippen LogP) is 5.17. The fourth-order valence-electron chi connectivity index (χ4n) is 2.42. The van der Waals surface area contributed by atoms with Gasteiger partial charge in [0.15, 0.2) is 0 Å². The van der Waals surface area contributed by atoms with Crippen LogP contribution in [-0.4, -0.2) is 6.54 Å². The molecule has 0 saturated carbocycles. The van der Waals surface area contributed by atoms with Crippen molar-refractivity contribution in [1.29, 1.82) is 0 Å². The monoisotopic (exact) mass is 311 g/mol. The number of hydrogen-bond donors (Lipinski definition) is 1. The van der Waals surface area contributed by atoms with E-state index < -0.39 is 0 Å². The number of nitrogens with one attached hydrogen (secondary N) is 1. The van der Waals surface area contributed by atoms with Crippen molar-refractivity contribution in [3.05, 3.63) is 34.3 Å². The Kier molecular flexibility index (Phi) is 6.95. The van der Waals surface area contributed by atoms with Crippen molar-refractivity contribution in [3.8, 4) is 0 Å². The SMILES string of the molecule is CCC(NCC(C)CC(C)C)c1ccc(Br)cc1. The second-order valence-corrected chi connectivity index (χ2v) is 6.57. The molecule has 0 aliphatic carbocycles. The second kappa shape index (κ2) is 7.96. The summed E-state index contributed by atoms with van der Waals surface area (Å²) in [5.74, 6) is 1.53. The first-order valence-corrected chi connectivity index (χ1v) is 7.81. The van der Waals surface area contributed by atoms with Crippen LogP contribution in [0.15, 0.2) is 28.7 Å². The molecular formula is C16H26BrN. The Hall–Kier alpha value is -0.340. The van der Waals surface area contributed by atoms with Gasteiger partial charge in [-0.2, -0.15) is 0 Å². The minimum Gasteiger partial charge on any atom is -0.310 e. The lowest BCUT2D eigenvalue weighted by Crippen LogP contribution is -2.26. The first-order valence-electron chi connectivity index (χ1n) is 7.01. The zero-order valence-corrected chi connectivity index (χ0v) is 13.6. The summed E-state index contributed by atoms with van der Waals surface area (Å²) in [7, 11) is 0. The van der Waals surface area contributed by atoms with E-state index in [1.807, 2.05) is 0 Å². The van der Waals surface area contributed by atoms with Crippen LogP contribution in [0.4, 0.5) is 0 Å². The van der Waals surface area contributed by atoms with Crippen molar-refractivity contribution in [2.45, 2.75) is 46.6 Å². The Morgan fingerprint density at radius 3 is 2.22 bits per heavy atom. The molecule has 0 aromatic heterocycles. The van der Waals surface area contributed by atoms with Crippen molar-refractivity contribution in [2.24, 2.45) is 11.8 Å². The van der Waals surface area contributed by atoms with Crippen LogP contribution in [0.3, 0.4) is 0 Å². The molecule has 0 bridgehead atoms. The predicted molar refractivity (Wildman–Crippen MR) is 83.8 cm³/mol. The topological polar surface area (TPSA) is 12.0 Å². The van der Waals surface area contributed by atoms with E-state index in [-0.39, 0.29) is 0 Å². The van der Waals surface area contributed by atoms with E-state index in [1.165, 1.54) is 12.0 Å². The van der Waals surface area contributed by atoms with Crippen molar-refractivity contribution < 1.29 is 0 Å². The maximum absolute atomic E-state index is 3.69. The lowest BCUT2D eigenvalue weighted by molar-refractivity contribution is 0.386. The van der Waals surface area contributed by atoms with E-state index in [0.717, 1.165) is 29.3 Å². The van der Waals surface area contributed by atoms with Gasteiger partial charge in [-0.3, -0.25) is 0 Å². The quantitative estimate of drug-likeness (QED) is 0.732. The summed E-state index contributed by atoms with van der Waals surface area (Å²) in [5.41, 5.74) is 1.39. The van der Waals surface area contributed by atoms with Gasteiger partial charge in [0.05, 0.1) is 0 Å². The summed E-state index contributed by atoms with van der Waals surface area (Å²) in [5, 5.41) is 3.69. The molecule has 0 spiro atoms. The van der Waals surface area contributed by atoms with Gasteiger partial charge in [-0.1, -0.05) is 55.8 Å². The minimum absolute atomic E-state index is 0.479. The van der Waals surface area contributed by atoms with E-state index in [2.05, 4.69) is 73.2 Å². The highest BCUT2D eigenvalue weighted by Crippen LogP contribution is 2.20. The molecule has 0 amide bonds. The van der Waals surface area contributed by atoms with Gasteiger partial charge >= 0.3 is 0 Å². The maximum atomic E-state index is 3.69. The summed E-state index contributed by atoms with van der Waals surface area (Å²) in [6.07, 6.45) is 2.43.